The van der Waals surface area contributed by atoms with Gasteiger partial charge in [-0.05, 0) is 66.2 Å². The Morgan fingerprint density at radius 2 is 1.90 bits per heavy atom. The zero-order valence-corrected chi connectivity index (χ0v) is 12.9. The molecule has 4 heteroatoms. The molecule has 2 aromatic carbocycles. The third-order valence-corrected chi connectivity index (χ3v) is 3.74. The average molecular weight is 336 g/mol. The van der Waals surface area contributed by atoms with Gasteiger partial charge in [0.25, 0.3) is 0 Å². The first-order valence-corrected chi connectivity index (χ1v) is 7.16. The molecule has 0 heterocycles. The van der Waals surface area contributed by atoms with Gasteiger partial charge < -0.3 is 4.90 Å². The molecule has 0 spiro atoms. The fourth-order valence-corrected chi connectivity index (χ4v) is 2.76. The van der Waals surface area contributed by atoms with Crippen LogP contribution in [0.2, 0.25) is 0 Å². The molecular formula is C16H15BrFNO. The van der Waals surface area contributed by atoms with Crippen molar-refractivity contribution in [1.29, 1.82) is 0 Å². The number of benzene rings is 2. The minimum atomic E-state index is -0.264. The Kier molecular flexibility index (Phi) is 4.55. The molecule has 2 nitrogen and oxygen atoms in total. The molecule has 0 aliphatic heterocycles. The van der Waals surface area contributed by atoms with Gasteiger partial charge in [-0.15, -0.1) is 0 Å². The summed E-state index contributed by atoms with van der Waals surface area (Å²) >= 11 is 3.41. The first-order valence-electron chi connectivity index (χ1n) is 6.36. The van der Waals surface area contributed by atoms with Crippen LogP contribution in [0, 0.1) is 5.82 Å². The summed E-state index contributed by atoms with van der Waals surface area (Å²) in [5, 5.41) is 0. The lowest BCUT2D eigenvalue weighted by atomic mass is 10.1. The van der Waals surface area contributed by atoms with E-state index in [2.05, 4.69) is 15.9 Å². The van der Waals surface area contributed by atoms with Gasteiger partial charge >= 0.3 is 0 Å². The maximum absolute atomic E-state index is 13.3. The summed E-state index contributed by atoms with van der Waals surface area (Å²) in [6, 6.07) is 12.0. The van der Waals surface area contributed by atoms with Crippen LogP contribution in [0.25, 0.3) is 0 Å². The summed E-state index contributed by atoms with van der Waals surface area (Å²) < 4.78 is 14.1. The number of anilines is 2. The molecule has 2 rings (SSSR count). The number of hydrogen-bond donors (Lipinski definition) is 0. The smallest absolute Gasteiger partial charge is 0.160 e. The molecule has 0 saturated carbocycles. The molecule has 0 atom stereocenters. The summed E-state index contributed by atoms with van der Waals surface area (Å²) in [5.74, 6) is -0.252. The number of nitrogens with zero attached hydrogens (tertiary/aromatic N) is 1. The molecule has 0 radical (unpaired) electrons. The van der Waals surface area contributed by atoms with Crippen molar-refractivity contribution in [3.05, 3.63) is 58.3 Å². The first-order chi connectivity index (χ1) is 9.52. The van der Waals surface area contributed by atoms with Crippen LogP contribution in [0.5, 0.6) is 0 Å². The molecule has 0 saturated heterocycles. The SMILES string of the molecule is CCN(c1cccc(F)c1)c1ccc(C(C)=O)c(Br)c1. The van der Waals surface area contributed by atoms with Crippen molar-refractivity contribution >= 4 is 33.1 Å². The number of carbonyl (C=O) groups excluding carboxylic acids is 1. The predicted octanol–water partition coefficient (Wildman–Crippen LogP) is 4.95. The number of hydrogen-bond acceptors (Lipinski definition) is 2. The third-order valence-electron chi connectivity index (χ3n) is 3.08. The van der Waals surface area contributed by atoms with Crippen LogP contribution in [-0.4, -0.2) is 12.3 Å². The van der Waals surface area contributed by atoms with E-state index in [9.17, 15) is 9.18 Å². The van der Waals surface area contributed by atoms with Gasteiger partial charge in [0.1, 0.15) is 5.82 Å². The number of ketones is 1. The van der Waals surface area contributed by atoms with Crippen molar-refractivity contribution < 1.29 is 9.18 Å². The van der Waals surface area contributed by atoms with Gasteiger partial charge in [-0.25, -0.2) is 4.39 Å². The fourth-order valence-electron chi connectivity index (χ4n) is 2.12. The monoisotopic (exact) mass is 335 g/mol. The summed E-state index contributed by atoms with van der Waals surface area (Å²) in [4.78, 5) is 13.4. The van der Waals surface area contributed by atoms with Gasteiger partial charge in [-0.3, -0.25) is 4.79 Å². The molecule has 0 aliphatic carbocycles. The standard InChI is InChI=1S/C16H15BrFNO/c1-3-19(13-6-4-5-12(18)9-13)14-7-8-15(11(2)20)16(17)10-14/h4-10H,3H2,1-2H3. The molecule has 0 aromatic heterocycles. The van der Waals surface area contributed by atoms with Crippen LogP contribution in [0.1, 0.15) is 24.2 Å². The summed E-state index contributed by atoms with van der Waals surface area (Å²) in [6.45, 7) is 4.23. The van der Waals surface area contributed by atoms with Gasteiger partial charge in [-0.2, -0.15) is 0 Å². The average Bonchev–Trinajstić information content (AvgIpc) is 2.39. The second kappa shape index (κ2) is 6.18. The highest BCUT2D eigenvalue weighted by Gasteiger charge is 2.11. The Bertz CT molecular complexity index is 642. The topological polar surface area (TPSA) is 20.3 Å². The predicted molar refractivity (Wildman–Crippen MR) is 83.2 cm³/mol. The molecule has 104 valence electrons. The highest BCUT2D eigenvalue weighted by atomic mass is 79.9. The first kappa shape index (κ1) is 14.7. The molecule has 0 amide bonds. The lowest BCUT2D eigenvalue weighted by Crippen LogP contribution is -2.16. The van der Waals surface area contributed by atoms with E-state index in [0.29, 0.717) is 12.1 Å². The number of halogens is 2. The second-order valence-electron chi connectivity index (χ2n) is 4.44. The highest BCUT2D eigenvalue weighted by Crippen LogP contribution is 2.30. The number of rotatable bonds is 4. The Labute approximate surface area is 126 Å². The summed E-state index contributed by atoms with van der Waals surface area (Å²) in [7, 11) is 0. The van der Waals surface area contributed by atoms with Crippen LogP contribution in [0.3, 0.4) is 0 Å². The minimum absolute atomic E-state index is 0.0113. The molecule has 0 unspecified atom stereocenters. The van der Waals surface area contributed by atoms with Gasteiger partial charge in [0, 0.05) is 28.0 Å². The quantitative estimate of drug-likeness (QED) is 0.737. The molecular weight excluding hydrogens is 321 g/mol. The Hall–Kier alpha value is -1.68. The maximum Gasteiger partial charge on any atom is 0.160 e. The van der Waals surface area contributed by atoms with E-state index < -0.39 is 0 Å². The molecule has 20 heavy (non-hydrogen) atoms. The van der Waals surface area contributed by atoms with Gasteiger partial charge in [0.2, 0.25) is 0 Å². The van der Waals surface area contributed by atoms with Gasteiger partial charge in [0.15, 0.2) is 5.78 Å². The van der Waals surface area contributed by atoms with E-state index in [0.717, 1.165) is 15.8 Å². The van der Waals surface area contributed by atoms with Crippen LogP contribution in [-0.2, 0) is 0 Å². The van der Waals surface area contributed by atoms with E-state index in [1.165, 1.54) is 19.1 Å². The van der Waals surface area contributed by atoms with Crippen LogP contribution in [0.4, 0.5) is 15.8 Å². The molecule has 0 aliphatic rings. The lowest BCUT2D eigenvalue weighted by molar-refractivity contribution is 0.101. The molecule has 2 aromatic rings. The van der Waals surface area contributed by atoms with Crippen molar-refractivity contribution in [3.63, 3.8) is 0 Å². The van der Waals surface area contributed by atoms with E-state index in [1.807, 2.05) is 30.0 Å². The van der Waals surface area contributed by atoms with Crippen LogP contribution < -0.4 is 4.90 Å². The van der Waals surface area contributed by atoms with Gasteiger partial charge in [0.05, 0.1) is 0 Å². The largest absolute Gasteiger partial charge is 0.342 e. The molecule has 0 bridgehead atoms. The third kappa shape index (κ3) is 3.07. The van der Waals surface area contributed by atoms with Crippen molar-refractivity contribution in [3.8, 4) is 0 Å². The molecule has 0 N–H and O–H groups in total. The Morgan fingerprint density at radius 3 is 2.45 bits per heavy atom. The van der Waals surface area contributed by atoms with E-state index in [-0.39, 0.29) is 11.6 Å². The number of Topliss-reactive ketones (excluding diaryl/α,β-unsaturated/α-hetero) is 1. The van der Waals surface area contributed by atoms with Crippen LogP contribution in [0.15, 0.2) is 46.9 Å². The second-order valence-corrected chi connectivity index (χ2v) is 5.30. The van der Waals surface area contributed by atoms with Crippen molar-refractivity contribution in [2.45, 2.75) is 13.8 Å². The Morgan fingerprint density at radius 1 is 1.20 bits per heavy atom. The minimum Gasteiger partial charge on any atom is -0.342 e. The zero-order valence-electron chi connectivity index (χ0n) is 11.4. The zero-order chi connectivity index (χ0) is 14.7. The van der Waals surface area contributed by atoms with E-state index >= 15 is 0 Å². The normalized spacial score (nSPS) is 10.4. The fraction of sp³-hybridized carbons (Fsp3) is 0.188. The van der Waals surface area contributed by atoms with E-state index in [1.54, 1.807) is 12.1 Å². The summed E-state index contributed by atoms with van der Waals surface area (Å²) in [6.07, 6.45) is 0. The number of carbonyl (C=O) groups is 1. The van der Waals surface area contributed by atoms with E-state index in [4.69, 9.17) is 0 Å². The lowest BCUT2D eigenvalue weighted by Gasteiger charge is -2.24. The molecule has 0 fully saturated rings. The Balaban J connectivity index is 2.42. The van der Waals surface area contributed by atoms with Gasteiger partial charge in [-0.1, -0.05) is 6.07 Å². The summed E-state index contributed by atoms with van der Waals surface area (Å²) in [5.41, 5.74) is 2.34. The van der Waals surface area contributed by atoms with Crippen molar-refractivity contribution in [1.82, 2.24) is 0 Å². The van der Waals surface area contributed by atoms with Crippen LogP contribution >= 0.6 is 15.9 Å². The highest BCUT2D eigenvalue weighted by molar-refractivity contribution is 9.10. The maximum atomic E-state index is 13.3. The van der Waals surface area contributed by atoms with Crippen molar-refractivity contribution in [2.75, 3.05) is 11.4 Å². The van der Waals surface area contributed by atoms with Crippen molar-refractivity contribution in [2.24, 2.45) is 0 Å².